The molecule has 0 radical (unpaired) electrons. The van der Waals surface area contributed by atoms with Crippen LogP contribution in [0.15, 0.2) is 18.2 Å². The standard InChI is InChI=1S/C17H28N2O2/c1-4-14-7-5-6-10-19(14)15(12-18)13-8-9-16(20-2)17(11-13)21-3/h8-9,11,14-15H,4-7,10,12,18H2,1-3H3. The lowest BCUT2D eigenvalue weighted by Crippen LogP contribution is -2.44. The molecule has 1 aromatic carbocycles. The van der Waals surface area contributed by atoms with Crippen molar-refractivity contribution < 1.29 is 9.47 Å². The summed E-state index contributed by atoms with van der Waals surface area (Å²) >= 11 is 0. The van der Waals surface area contributed by atoms with Crippen molar-refractivity contribution in [2.75, 3.05) is 27.3 Å². The van der Waals surface area contributed by atoms with E-state index in [4.69, 9.17) is 15.2 Å². The maximum absolute atomic E-state index is 6.10. The van der Waals surface area contributed by atoms with E-state index in [-0.39, 0.29) is 6.04 Å². The first-order chi connectivity index (χ1) is 10.2. The van der Waals surface area contributed by atoms with Crippen molar-refractivity contribution in [3.8, 4) is 11.5 Å². The summed E-state index contributed by atoms with van der Waals surface area (Å²) in [5.41, 5.74) is 7.32. The van der Waals surface area contributed by atoms with Crippen molar-refractivity contribution in [1.82, 2.24) is 4.90 Å². The summed E-state index contributed by atoms with van der Waals surface area (Å²) in [6, 6.07) is 7.05. The third-order valence-electron chi connectivity index (χ3n) is 4.56. The minimum atomic E-state index is 0.259. The molecular weight excluding hydrogens is 264 g/mol. The molecule has 0 spiro atoms. The summed E-state index contributed by atoms with van der Waals surface area (Å²) in [7, 11) is 3.34. The van der Waals surface area contributed by atoms with E-state index in [0.717, 1.165) is 18.0 Å². The number of likely N-dealkylation sites (tertiary alicyclic amines) is 1. The first-order valence-electron chi connectivity index (χ1n) is 7.92. The average Bonchev–Trinajstić information content (AvgIpc) is 2.55. The van der Waals surface area contributed by atoms with Crippen LogP contribution in [0.4, 0.5) is 0 Å². The second-order valence-corrected chi connectivity index (χ2v) is 5.66. The number of ether oxygens (including phenoxy) is 2. The van der Waals surface area contributed by atoms with Gasteiger partial charge in [0, 0.05) is 18.6 Å². The van der Waals surface area contributed by atoms with Crippen LogP contribution >= 0.6 is 0 Å². The maximum atomic E-state index is 6.10. The largest absolute Gasteiger partial charge is 0.493 e. The molecule has 2 atom stereocenters. The van der Waals surface area contributed by atoms with Gasteiger partial charge in [-0.05, 0) is 43.5 Å². The van der Waals surface area contributed by atoms with Gasteiger partial charge in [-0.3, -0.25) is 4.90 Å². The summed E-state index contributed by atoms with van der Waals surface area (Å²) < 4.78 is 10.8. The number of methoxy groups -OCH3 is 2. The van der Waals surface area contributed by atoms with Crippen molar-refractivity contribution in [2.24, 2.45) is 5.73 Å². The van der Waals surface area contributed by atoms with Gasteiger partial charge in [0.2, 0.25) is 0 Å². The third-order valence-corrected chi connectivity index (χ3v) is 4.56. The van der Waals surface area contributed by atoms with E-state index in [9.17, 15) is 0 Å². The minimum Gasteiger partial charge on any atom is -0.493 e. The Hall–Kier alpha value is -1.26. The molecule has 0 amide bonds. The van der Waals surface area contributed by atoms with E-state index < -0.39 is 0 Å². The highest BCUT2D eigenvalue weighted by atomic mass is 16.5. The van der Waals surface area contributed by atoms with Crippen LogP contribution in [0.1, 0.15) is 44.2 Å². The lowest BCUT2D eigenvalue weighted by Gasteiger charge is -2.41. The molecule has 118 valence electrons. The predicted octanol–water partition coefficient (Wildman–Crippen LogP) is 2.97. The summed E-state index contributed by atoms with van der Waals surface area (Å²) in [4.78, 5) is 2.57. The second kappa shape index (κ2) is 7.66. The van der Waals surface area contributed by atoms with Crippen molar-refractivity contribution in [1.29, 1.82) is 0 Å². The molecule has 21 heavy (non-hydrogen) atoms. The zero-order valence-electron chi connectivity index (χ0n) is 13.5. The number of hydrogen-bond donors (Lipinski definition) is 1. The number of nitrogens with two attached hydrogens (primary N) is 1. The zero-order chi connectivity index (χ0) is 15.2. The number of hydrogen-bond acceptors (Lipinski definition) is 4. The molecule has 4 heteroatoms. The molecule has 2 rings (SSSR count). The zero-order valence-corrected chi connectivity index (χ0v) is 13.5. The molecule has 1 heterocycles. The average molecular weight is 292 g/mol. The van der Waals surface area contributed by atoms with Crippen LogP contribution in [0, 0.1) is 0 Å². The highest BCUT2D eigenvalue weighted by molar-refractivity contribution is 5.44. The van der Waals surface area contributed by atoms with Gasteiger partial charge in [0.25, 0.3) is 0 Å². The summed E-state index contributed by atoms with van der Waals surface area (Å²) in [5, 5.41) is 0. The lowest BCUT2D eigenvalue weighted by molar-refractivity contribution is 0.0947. The van der Waals surface area contributed by atoms with E-state index in [1.807, 2.05) is 6.07 Å². The van der Waals surface area contributed by atoms with Crippen LogP contribution in [0.3, 0.4) is 0 Å². The number of rotatable bonds is 6. The van der Waals surface area contributed by atoms with Gasteiger partial charge >= 0.3 is 0 Å². The normalized spacial score (nSPS) is 21.0. The van der Waals surface area contributed by atoms with Crippen molar-refractivity contribution in [3.05, 3.63) is 23.8 Å². The Kier molecular flexibility index (Phi) is 5.88. The summed E-state index contributed by atoms with van der Waals surface area (Å²) in [6.45, 7) is 4.03. The smallest absolute Gasteiger partial charge is 0.161 e. The van der Waals surface area contributed by atoms with Crippen LogP contribution in [0.25, 0.3) is 0 Å². The van der Waals surface area contributed by atoms with Crippen LogP contribution in [-0.2, 0) is 0 Å². The summed E-state index contributed by atoms with van der Waals surface area (Å²) in [5.74, 6) is 1.54. The third kappa shape index (κ3) is 3.50. The Morgan fingerprint density at radius 1 is 1.24 bits per heavy atom. The minimum absolute atomic E-state index is 0.259. The molecule has 1 aliphatic rings. The van der Waals surface area contributed by atoms with Crippen LogP contribution in [0.2, 0.25) is 0 Å². The van der Waals surface area contributed by atoms with Crippen molar-refractivity contribution in [3.63, 3.8) is 0 Å². The van der Waals surface area contributed by atoms with Gasteiger partial charge < -0.3 is 15.2 Å². The lowest BCUT2D eigenvalue weighted by atomic mass is 9.94. The van der Waals surface area contributed by atoms with Gasteiger partial charge in [-0.1, -0.05) is 19.4 Å². The topological polar surface area (TPSA) is 47.7 Å². The van der Waals surface area contributed by atoms with Gasteiger partial charge in [-0.15, -0.1) is 0 Å². The highest BCUT2D eigenvalue weighted by Crippen LogP contribution is 2.34. The van der Waals surface area contributed by atoms with Gasteiger partial charge in [-0.25, -0.2) is 0 Å². The highest BCUT2D eigenvalue weighted by Gasteiger charge is 2.28. The van der Waals surface area contributed by atoms with Crippen molar-refractivity contribution in [2.45, 2.75) is 44.7 Å². The van der Waals surface area contributed by atoms with E-state index in [2.05, 4.69) is 24.0 Å². The molecule has 2 N–H and O–H groups in total. The number of nitrogens with zero attached hydrogens (tertiary/aromatic N) is 1. The Bertz CT molecular complexity index is 450. The molecule has 0 aliphatic carbocycles. The van der Waals surface area contributed by atoms with Crippen LogP contribution in [0.5, 0.6) is 11.5 Å². The Balaban J connectivity index is 2.27. The van der Waals surface area contributed by atoms with Gasteiger partial charge in [0.1, 0.15) is 0 Å². The van der Waals surface area contributed by atoms with Crippen molar-refractivity contribution >= 4 is 0 Å². The molecule has 0 aromatic heterocycles. The molecule has 1 aromatic rings. The van der Waals surface area contributed by atoms with E-state index in [0.29, 0.717) is 12.6 Å². The van der Waals surface area contributed by atoms with Gasteiger partial charge in [0.05, 0.1) is 14.2 Å². The van der Waals surface area contributed by atoms with E-state index in [1.165, 1.54) is 31.2 Å². The molecule has 0 bridgehead atoms. The fraction of sp³-hybridized carbons (Fsp3) is 0.647. The maximum Gasteiger partial charge on any atom is 0.161 e. The fourth-order valence-corrected chi connectivity index (χ4v) is 3.39. The molecule has 1 aliphatic heterocycles. The molecule has 0 saturated carbocycles. The quantitative estimate of drug-likeness (QED) is 0.875. The predicted molar refractivity (Wildman–Crippen MR) is 86.0 cm³/mol. The molecular formula is C17H28N2O2. The Morgan fingerprint density at radius 3 is 2.62 bits per heavy atom. The van der Waals surface area contributed by atoms with Gasteiger partial charge in [-0.2, -0.15) is 0 Å². The number of piperidine rings is 1. The first kappa shape index (κ1) is 16.1. The monoisotopic (exact) mass is 292 g/mol. The fourth-order valence-electron chi connectivity index (χ4n) is 3.39. The second-order valence-electron chi connectivity index (χ2n) is 5.66. The summed E-state index contributed by atoms with van der Waals surface area (Å²) in [6.07, 6.45) is 5.06. The molecule has 1 fully saturated rings. The molecule has 1 saturated heterocycles. The van der Waals surface area contributed by atoms with Crippen LogP contribution in [-0.4, -0.2) is 38.3 Å². The SMILES string of the molecule is CCC1CCCCN1C(CN)c1ccc(OC)c(OC)c1. The Morgan fingerprint density at radius 2 is 2.00 bits per heavy atom. The molecule has 2 unspecified atom stereocenters. The van der Waals surface area contributed by atoms with E-state index in [1.54, 1.807) is 14.2 Å². The van der Waals surface area contributed by atoms with Crippen LogP contribution < -0.4 is 15.2 Å². The first-order valence-corrected chi connectivity index (χ1v) is 7.92. The van der Waals surface area contributed by atoms with Gasteiger partial charge in [0.15, 0.2) is 11.5 Å². The van der Waals surface area contributed by atoms with E-state index >= 15 is 0 Å². The Labute approximate surface area is 128 Å². The molecule has 4 nitrogen and oxygen atoms in total. The number of benzene rings is 1.